The maximum Gasteiger partial charge on any atom is 0.319 e. The molecular formula is C13H17F3N2O2. The molecule has 0 fully saturated rings. The van der Waals surface area contributed by atoms with Gasteiger partial charge in [0.05, 0.1) is 6.10 Å². The van der Waals surface area contributed by atoms with Gasteiger partial charge >= 0.3 is 6.03 Å². The van der Waals surface area contributed by atoms with Crippen LogP contribution in [0.1, 0.15) is 20.3 Å². The zero-order valence-electron chi connectivity index (χ0n) is 11.2. The second-order valence-electron chi connectivity index (χ2n) is 4.86. The predicted octanol–water partition coefficient (Wildman–Crippen LogP) is 2.63. The number of aliphatic hydroxyl groups excluding tert-OH is 1. The van der Waals surface area contributed by atoms with E-state index in [9.17, 15) is 23.1 Å². The third-order valence-corrected chi connectivity index (χ3v) is 2.49. The summed E-state index contributed by atoms with van der Waals surface area (Å²) in [6, 6.07) is 0.0516. The molecular weight excluding hydrogens is 273 g/mol. The van der Waals surface area contributed by atoms with Crippen molar-refractivity contribution in [1.29, 1.82) is 0 Å². The highest BCUT2D eigenvalue weighted by atomic mass is 19.1. The van der Waals surface area contributed by atoms with Crippen LogP contribution in [0.4, 0.5) is 23.7 Å². The summed E-state index contributed by atoms with van der Waals surface area (Å²) in [5, 5.41) is 13.8. The average molecular weight is 290 g/mol. The van der Waals surface area contributed by atoms with Crippen LogP contribution >= 0.6 is 0 Å². The molecule has 0 aliphatic heterocycles. The van der Waals surface area contributed by atoms with Gasteiger partial charge in [-0.3, -0.25) is 0 Å². The molecule has 0 aliphatic rings. The first-order valence-electron chi connectivity index (χ1n) is 6.17. The standard InChI is InChI=1S/C13H17F3N2O2/c1-7(2)3-9(19)6-17-13(20)18-12-10(15)4-8(14)5-11(12)16/h4-5,7,9,19H,3,6H2,1-2H3,(H2,17,18,20). The van der Waals surface area contributed by atoms with Crippen molar-refractivity contribution >= 4 is 11.7 Å². The molecule has 0 bridgehead atoms. The summed E-state index contributed by atoms with van der Waals surface area (Å²) in [4.78, 5) is 11.4. The molecule has 7 heteroatoms. The molecule has 112 valence electrons. The van der Waals surface area contributed by atoms with Gasteiger partial charge in [0.25, 0.3) is 0 Å². The van der Waals surface area contributed by atoms with Gasteiger partial charge in [-0.1, -0.05) is 13.8 Å². The summed E-state index contributed by atoms with van der Waals surface area (Å²) in [6.45, 7) is 3.77. The van der Waals surface area contributed by atoms with E-state index in [2.05, 4.69) is 5.32 Å². The van der Waals surface area contributed by atoms with Crippen molar-refractivity contribution in [3.8, 4) is 0 Å². The number of carbonyl (C=O) groups excluding carboxylic acids is 1. The fraction of sp³-hybridized carbons (Fsp3) is 0.462. The lowest BCUT2D eigenvalue weighted by atomic mass is 10.1. The Morgan fingerprint density at radius 1 is 1.25 bits per heavy atom. The number of anilines is 1. The number of urea groups is 1. The molecule has 1 aromatic carbocycles. The molecule has 4 nitrogen and oxygen atoms in total. The second-order valence-corrected chi connectivity index (χ2v) is 4.86. The number of amides is 2. The van der Waals surface area contributed by atoms with Crippen molar-refractivity contribution in [3.63, 3.8) is 0 Å². The minimum absolute atomic E-state index is 0.0472. The Morgan fingerprint density at radius 2 is 1.80 bits per heavy atom. The molecule has 1 atom stereocenters. The maximum absolute atomic E-state index is 13.3. The molecule has 3 N–H and O–H groups in total. The molecule has 0 radical (unpaired) electrons. The van der Waals surface area contributed by atoms with Crippen molar-refractivity contribution in [2.75, 3.05) is 11.9 Å². The van der Waals surface area contributed by atoms with Crippen molar-refractivity contribution in [3.05, 3.63) is 29.6 Å². The van der Waals surface area contributed by atoms with Gasteiger partial charge in [-0.15, -0.1) is 0 Å². The van der Waals surface area contributed by atoms with Crippen molar-refractivity contribution < 1.29 is 23.1 Å². The summed E-state index contributed by atoms with van der Waals surface area (Å²) in [5.74, 6) is -3.24. The molecule has 0 saturated carbocycles. The summed E-state index contributed by atoms with van der Waals surface area (Å²) in [6.07, 6.45) is -0.261. The van der Waals surface area contributed by atoms with E-state index in [1.807, 2.05) is 19.2 Å². The second kappa shape index (κ2) is 7.14. The number of hydrogen-bond donors (Lipinski definition) is 3. The molecule has 20 heavy (non-hydrogen) atoms. The molecule has 0 aliphatic carbocycles. The number of rotatable bonds is 5. The SMILES string of the molecule is CC(C)CC(O)CNC(=O)Nc1c(F)cc(F)cc1F. The Labute approximate surface area is 115 Å². The molecule has 1 aromatic rings. The zero-order chi connectivity index (χ0) is 15.3. The number of carbonyl (C=O) groups is 1. The van der Waals surface area contributed by atoms with Crippen LogP contribution in [0, 0.1) is 23.4 Å². The van der Waals surface area contributed by atoms with E-state index >= 15 is 0 Å². The highest BCUT2D eigenvalue weighted by molar-refractivity contribution is 5.89. The Balaban J connectivity index is 2.55. The van der Waals surface area contributed by atoms with Crippen LogP contribution in [0.25, 0.3) is 0 Å². The van der Waals surface area contributed by atoms with E-state index in [0.29, 0.717) is 18.6 Å². The van der Waals surface area contributed by atoms with E-state index < -0.39 is 35.3 Å². The third-order valence-electron chi connectivity index (χ3n) is 2.49. The largest absolute Gasteiger partial charge is 0.391 e. The number of nitrogens with one attached hydrogen (secondary N) is 2. The van der Waals surface area contributed by atoms with Crippen molar-refractivity contribution in [2.45, 2.75) is 26.4 Å². The van der Waals surface area contributed by atoms with Crippen molar-refractivity contribution in [1.82, 2.24) is 5.32 Å². The van der Waals surface area contributed by atoms with Crippen LogP contribution in [-0.2, 0) is 0 Å². The summed E-state index contributed by atoms with van der Waals surface area (Å²) < 4.78 is 39.2. The summed E-state index contributed by atoms with van der Waals surface area (Å²) in [5.41, 5.74) is -0.734. The van der Waals surface area contributed by atoms with Gasteiger partial charge in [0.1, 0.15) is 11.5 Å². The lowest BCUT2D eigenvalue weighted by Crippen LogP contribution is -2.36. The van der Waals surface area contributed by atoms with Gasteiger partial charge in [0, 0.05) is 18.7 Å². The number of halogens is 3. The minimum Gasteiger partial charge on any atom is -0.391 e. The van der Waals surface area contributed by atoms with E-state index in [-0.39, 0.29) is 12.5 Å². The van der Waals surface area contributed by atoms with Crippen molar-refractivity contribution in [2.24, 2.45) is 5.92 Å². The Morgan fingerprint density at radius 3 is 2.30 bits per heavy atom. The van der Waals surface area contributed by atoms with Crippen LogP contribution < -0.4 is 10.6 Å². The highest BCUT2D eigenvalue weighted by Crippen LogP contribution is 2.19. The van der Waals surface area contributed by atoms with Gasteiger partial charge in [-0.25, -0.2) is 18.0 Å². The monoisotopic (exact) mass is 290 g/mol. The first kappa shape index (κ1) is 16.3. The van der Waals surface area contributed by atoms with Crippen LogP contribution in [-0.4, -0.2) is 23.8 Å². The topological polar surface area (TPSA) is 61.4 Å². The van der Waals surface area contributed by atoms with E-state index in [0.717, 1.165) is 0 Å². The quantitative estimate of drug-likeness (QED) is 0.780. The van der Waals surface area contributed by atoms with Crippen LogP contribution in [0.5, 0.6) is 0 Å². The lowest BCUT2D eigenvalue weighted by molar-refractivity contribution is 0.148. The first-order chi connectivity index (χ1) is 9.29. The van der Waals surface area contributed by atoms with Gasteiger partial charge < -0.3 is 15.7 Å². The van der Waals surface area contributed by atoms with Gasteiger partial charge in [0.2, 0.25) is 0 Å². The van der Waals surface area contributed by atoms with E-state index in [1.54, 1.807) is 0 Å². The molecule has 1 rings (SSSR count). The number of benzene rings is 1. The van der Waals surface area contributed by atoms with E-state index in [1.165, 1.54) is 0 Å². The summed E-state index contributed by atoms with van der Waals surface area (Å²) >= 11 is 0. The highest BCUT2D eigenvalue weighted by Gasteiger charge is 2.15. The summed E-state index contributed by atoms with van der Waals surface area (Å²) in [7, 11) is 0. The Bertz CT molecular complexity index is 458. The molecule has 1 unspecified atom stereocenters. The molecule has 0 saturated heterocycles. The number of hydrogen-bond acceptors (Lipinski definition) is 2. The fourth-order valence-electron chi connectivity index (χ4n) is 1.66. The molecule has 2 amide bonds. The fourth-order valence-corrected chi connectivity index (χ4v) is 1.66. The lowest BCUT2D eigenvalue weighted by Gasteiger charge is -2.14. The molecule has 0 heterocycles. The minimum atomic E-state index is -1.21. The van der Waals surface area contributed by atoms with Crippen LogP contribution in [0.3, 0.4) is 0 Å². The average Bonchev–Trinajstić information content (AvgIpc) is 2.30. The van der Waals surface area contributed by atoms with Gasteiger partial charge in [0.15, 0.2) is 11.6 Å². The normalized spacial score (nSPS) is 12.3. The predicted molar refractivity (Wildman–Crippen MR) is 68.8 cm³/mol. The van der Waals surface area contributed by atoms with Crippen LogP contribution in [0.15, 0.2) is 12.1 Å². The third kappa shape index (κ3) is 5.08. The van der Waals surface area contributed by atoms with Gasteiger partial charge in [-0.05, 0) is 12.3 Å². The van der Waals surface area contributed by atoms with Gasteiger partial charge in [-0.2, -0.15) is 0 Å². The zero-order valence-corrected chi connectivity index (χ0v) is 11.2. The van der Waals surface area contributed by atoms with Crippen LogP contribution in [0.2, 0.25) is 0 Å². The van der Waals surface area contributed by atoms with E-state index in [4.69, 9.17) is 0 Å². The number of aliphatic hydroxyl groups is 1. The molecule has 0 aromatic heterocycles. The first-order valence-corrected chi connectivity index (χ1v) is 6.17. The Hall–Kier alpha value is -1.76. The Kier molecular flexibility index (Phi) is 5.82. The molecule has 0 spiro atoms. The maximum atomic E-state index is 13.3. The smallest absolute Gasteiger partial charge is 0.319 e.